The summed E-state index contributed by atoms with van der Waals surface area (Å²) >= 11 is 0. The fraction of sp³-hybridized carbons (Fsp3) is 0.571. The highest BCUT2D eigenvalue weighted by atomic mass is 19.1. The standard InChI is InChI=1S/C14H21FN2/c1-16-10-14(7-2-8-14)11-17-9-12-3-5-13(15)6-4-12/h3-6,16-17H,2,7-11H2,1H3. The molecule has 1 aromatic rings. The first-order valence-electron chi connectivity index (χ1n) is 6.34. The van der Waals surface area contributed by atoms with Crippen LogP contribution in [0.1, 0.15) is 24.8 Å². The van der Waals surface area contributed by atoms with Crippen LogP contribution in [0, 0.1) is 11.2 Å². The third-order valence-electron chi connectivity index (χ3n) is 3.71. The normalized spacial score (nSPS) is 17.8. The molecule has 0 saturated heterocycles. The summed E-state index contributed by atoms with van der Waals surface area (Å²) in [5.41, 5.74) is 1.60. The predicted octanol–water partition coefficient (Wildman–Crippen LogP) is 2.30. The van der Waals surface area contributed by atoms with E-state index in [2.05, 4.69) is 10.6 Å². The maximum Gasteiger partial charge on any atom is 0.123 e. The van der Waals surface area contributed by atoms with Crippen molar-refractivity contribution in [3.05, 3.63) is 35.6 Å². The lowest BCUT2D eigenvalue weighted by Crippen LogP contribution is -2.46. The Morgan fingerprint density at radius 2 is 1.88 bits per heavy atom. The highest BCUT2D eigenvalue weighted by molar-refractivity contribution is 5.15. The van der Waals surface area contributed by atoms with Crippen molar-refractivity contribution in [3.63, 3.8) is 0 Å². The monoisotopic (exact) mass is 236 g/mol. The zero-order valence-corrected chi connectivity index (χ0v) is 10.4. The van der Waals surface area contributed by atoms with Crippen molar-refractivity contribution in [2.75, 3.05) is 20.1 Å². The van der Waals surface area contributed by atoms with E-state index < -0.39 is 0 Å². The molecule has 1 aliphatic rings. The molecule has 1 aromatic carbocycles. The summed E-state index contributed by atoms with van der Waals surface area (Å²) in [7, 11) is 2.01. The van der Waals surface area contributed by atoms with Gasteiger partial charge in [-0.25, -0.2) is 4.39 Å². The van der Waals surface area contributed by atoms with E-state index in [-0.39, 0.29) is 5.82 Å². The first kappa shape index (κ1) is 12.5. The lowest BCUT2D eigenvalue weighted by atomic mass is 9.68. The maximum absolute atomic E-state index is 12.7. The minimum atomic E-state index is -0.167. The quantitative estimate of drug-likeness (QED) is 0.792. The third-order valence-corrected chi connectivity index (χ3v) is 3.71. The Morgan fingerprint density at radius 3 is 2.41 bits per heavy atom. The highest BCUT2D eigenvalue weighted by Crippen LogP contribution is 2.39. The summed E-state index contributed by atoms with van der Waals surface area (Å²) in [5.74, 6) is -0.167. The zero-order chi connectivity index (χ0) is 12.1. The molecule has 0 bridgehead atoms. The molecular formula is C14H21FN2. The number of hydrogen-bond donors (Lipinski definition) is 2. The predicted molar refractivity (Wildman–Crippen MR) is 68.3 cm³/mol. The molecule has 0 atom stereocenters. The fourth-order valence-electron chi connectivity index (χ4n) is 2.54. The van der Waals surface area contributed by atoms with Gasteiger partial charge in [0.1, 0.15) is 5.82 Å². The smallest absolute Gasteiger partial charge is 0.123 e. The van der Waals surface area contributed by atoms with Crippen molar-refractivity contribution in [1.29, 1.82) is 0 Å². The van der Waals surface area contributed by atoms with Gasteiger partial charge in [-0.2, -0.15) is 0 Å². The lowest BCUT2D eigenvalue weighted by Gasteiger charge is -2.42. The molecule has 1 saturated carbocycles. The minimum absolute atomic E-state index is 0.167. The Morgan fingerprint density at radius 1 is 1.18 bits per heavy atom. The Labute approximate surface area is 103 Å². The molecule has 3 heteroatoms. The van der Waals surface area contributed by atoms with Gasteiger partial charge in [-0.05, 0) is 43.0 Å². The Balaban J connectivity index is 1.77. The second-order valence-corrected chi connectivity index (χ2v) is 5.11. The number of halogens is 1. The summed E-state index contributed by atoms with van der Waals surface area (Å²) in [4.78, 5) is 0. The fourth-order valence-corrected chi connectivity index (χ4v) is 2.54. The average Bonchev–Trinajstić information content (AvgIpc) is 2.28. The second-order valence-electron chi connectivity index (χ2n) is 5.11. The molecule has 0 aromatic heterocycles. The van der Waals surface area contributed by atoms with Crippen LogP contribution >= 0.6 is 0 Å². The van der Waals surface area contributed by atoms with E-state index in [0.29, 0.717) is 5.41 Å². The van der Waals surface area contributed by atoms with Crippen molar-refractivity contribution in [3.8, 4) is 0 Å². The number of nitrogens with one attached hydrogen (secondary N) is 2. The van der Waals surface area contributed by atoms with Gasteiger partial charge >= 0.3 is 0 Å². The molecule has 0 aliphatic heterocycles. The molecule has 94 valence electrons. The largest absolute Gasteiger partial charge is 0.319 e. The van der Waals surface area contributed by atoms with Crippen molar-refractivity contribution in [2.45, 2.75) is 25.8 Å². The molecule has 0 spiro atoms. The Kier molecular flexibility index (Phi) is 4.13. The topological polar surface area (TPSA) is 24.1 Å². The number of hydrogen-bond acceptors (Lipinski definition) is 2. The molecular weight excluding hydrogens is 215 g/mol. The van der Waals surface area contributed by atoms with E-state index in [1.165, 1.54) is 31.4 Å². The number of rotatable bonds is 6. The first-order valence-corrected chi connectivity index (χ1v) is 6.34. The summed E-state index contributed by atoms with van der Waals surface area (Å²) in [6.07, 6.45) is 3.97. The molecule has 1 fully saturated rings. The Bertz CT molecular complexity index is 344. The Hall–Kier alpha value is -0.930. The SMILES string of the molecule is CNCC1(CNCc2ccc(F)cc2)CCC1. The second kappa shape index (κ2) is 5.61. The van der Waals surface area contributed by atoms with Gasteiger partial charge in [-0.3, -0.25) is 0 Å². The van der Waals surface area contributed by atoms with Crippen molar-refractivity contribution in [2.24, 2.45) is 5.41 Å². The van der Waals surface area contributed by atoms with Gasteiger partial charge in [0.25, 0.3) is 0 Å². The summed E-state index contributed by atoms with van der Waals surface area (Å²) in [6.45, 7) is 2.96. The summed E-state index contributed by atoms with van der Waals surface area (Å²) < 4.78 is 12.7. The summed E-state index contributed by atoms with van der Waals surface area (Å²) in [5, 5.41) is 6.76. The zero-order valence-electron chi connectivity index (χ0n) is 10.4. The van der Waals surface area contributed by atoms with Crippen LogP contribution in [0.2, 0.25) is 0 Å². The van der Waals surface area contributed by atoms with Crippen molar-refractivity contribution in [1.82, 2.24) is 10.6 Å². The molecule has 1 aliphatic carbocycles. The molecule has 0 unspecified atom stereocenters. The molecule has 2 nitrogen and oxygen atoms in total. The van der Waals surface area contributed by atoms with Gasteiger partial charge in [0.05, 0.1) is 0 Å². The van der Waals surface area contributed by atoms with Crippen LogP contribution < -0.4 is 10.6 Å². The molecule has 2 N–H and O–H groups in total. The summed E-state index contributed by atoms with van der Waals surface area (Å²) in [6, 6.07) is 6.72. The van der Waals surface area contributed by atoms with E-state index in [1.807, 2.05) is 19.2 Å². The molecule has 17 heavy (non-hydrogen) atoms. The minimum Gasteiger partial charge on any atom is -0.319 e. The van der Waals surface area contributed by atoms with E-state index in [1.54, 1.807) is 0 Å². The van der Waals surface area contributed by atoms with Gasteiger partial charge in [-0.15, -0.1) is 0 Å². The van der Waals surface area contributed by atoms with E-state index in [9.17, 15) is 4.39 Å². The molecule has 2 rings (SSSR count). The average molecular weight is 236 g/mol. The van der Waals surface area contributed by atoms with Crippen LogP contribution in [0.3, 0.4) is 0 Å². The number of benzene rings is 1. The van der Waals surface area contributed by atoms with Crippen LogP contribution in [-0.4, -0.2) is 20.1 Å². The first-order chi connectivity index (χ1) is 8.24. The van der Waals surface area contributed by atoms with Crippen molar-refractivity contribution < 1.29 is 4.39 Å². The van der Waals surface area contributed by atoms with E-state index >= 15 is 0 Å². The van der Waals surface area contributed by atoms with Crippen LogP contribution in [-0.2, 0) is 6.54 Å². The van der Waals surface area contributed by atoms with E-state index in [0.717, 1.165) is 25.2 Å². The third kappa shape index (κ3) is 3.27. The van der Waals surface area contributed by atoms with Crippen LogP contribution in [0.5, 0.6) is 0 Å². The maximum atomic E-state index is 12.7. The van der Waals surface area contributed by atoms with Crippen LogP contribution in [0.25, 0.3) is 0 Å². The molecule has 0 radical (unpaired) electrons. The highest BCUT2D eigenvalue weighted by Gasteiger charge is 2.35. The van der Waals surface area contributed by atoms with Gasteiger partial charge in [0.15, 0.2) is 0 Å². The van der Waals surface area contributed by atoms with Gasteiger partial charge < -0.3 is 10.6 Å². The van der Waals surface area contributed by atoms with Gasteiger partial charge in [-0.1, -0.05) is 18.6 Å². The molecule has 0 heterocycles. The van der Waals surface area contributed by atoms with Crippen LogP contribution in [0.4, 0.5) is 4.39 Å². The van der Waals surface area contributed by atoms with Gasteiger partial charge in [0, 0.05) is 19.6 Å². The van der Waals surface area contributed by atoms with E-state index in [4.69, 9.17) is 0 Å². The van der Waals surface area contributed by atoms with Crippen molar-refractivity contribution >= 4 is 0 Å². The lowest BCUT2D eigenvalue weighted by molar-refractivity contribution is 0.130. The van der Waals surface area contributed by atoms with Crippen LogP contribution in [0.15, 0.2) is 24.3 Å². The van der Waals surface area contributed by atoms with Gasteiger partial charge in [0.2, 0.25) is 0 Å². The molecule has 0 amide bonds.